The van der Waals surface area contributed by atoms with Gasteiger partial charge in [-0.05, 0) is 68.2 Å². The van der Waals surface area contributed by atoms with E-state index in [-0.39, 0.29) is 12.0 Å². The number of methoxy groups -OCH3 is 1. The molecule has 2 unspecified atom stereocenters. The van der Waals surface area contributed by atoms with Crippen LogP contribution >= 0.6 is 11.9 Å². The van der Waals surface area contributed by atoms with Gasteiger partial charge in [-0.15, -0.1) is 0 Å². The van der Waals surface area contributed by atoms with Gasteiger partial charge in [-0.25, -0.2) is 9.82 Å². The molecular weight excluding hydrogens is 539 g/mol. The first-order chi connectivity index (χ1) is 19.8. The van der Waals surface area contributed by atoms with Crippen molar-refractivity contribution in [3.05, 3.63) is 47.5 Å². The lowest BCUT2D eigenvalue weighted by Gasteiger charge is -2.40. The average molecular weight is 581 g/mol. The van der Waals surface area contributed by atoms with E-state index in [0.29, 0.717) is 25.6 Å². The number of alkyl halides is 1. The number of ketones is 1. The molecule has 0 spiro atoms. The van der Waals surface area contributed by atoms with Crippen molar-refractivity contribution in [1.82, 2.24) is 19.7 Å². The monoisotopic (exact) mass is 580 g/mol. The fourth-order valence-electron chi connectivity index (χ4n) is 6.98. The summed E-state index contributed by atoms with van der Waals surface area (Å²) in [7, 11) is 1.68. The highest BCUT2D eigenvalue weighted by atomic mass is 32.2. The van der Waals surface area contributed by atoms with Gasteiger partial charge in [0.2, 0.25) is 0 Å². The Balaban J connectivity index is 1.60. The SMILES string of the molecule is COc1ccc2c(c1)OC[C@@H]1Cn3c-2c(C2CCCCC2)c2ccc(cc23)CN(SC)NC(C)(C(=O)CF)NC1C. The van der Waals surface area contributed by atoms with Crippen LogP contribution in [0.15, 0.2) is 36.4 Å². The van der Waals surface area contributed by atoms with Crippen molar-refractivity contribution in [3.8, 4) is 22.8 Å². The Labute approximate surface area is 246 Å². The number of benzene rings is 2. The molecule has 3 aliphatic rings. The highest BCUT2D eigenvalue weighted by Crippen LogP contribution is 2.48. The zero-order valence-corrected chi connectivity index (χ0v) is 25.3. The Morgan fingerprint density at radius 3 is 2.73 bits per heavy atom. The molecule has 2 aliphatic heterocycles. The van der Waals surface area contributed by atoms with Crippen LogP contribution in [0.3, 0.4) is 0 Å². The maximum Gasteiger partial charge on any atom is 0.199 e. The number of carbonyl (C=O) groups excluding carboxylic acids is 1. The summed E-state index contributed by atoms with van der Waals surface area (Å²) in [5, 5.41) is 4.80. The largest absolute Gasteiger partial charge is 0.497 e. The molecule has 2 aromatic carbocycles. The lowest BCUT2D eigenvalue weighted by Crippen LogP contribution is -2.67. The molecule has 0 saturated heterocycles. The van der Waals surface area contributed by atoms with Crippen LogP contribution in [-0.2, 0) is 17.9 Å². The van der Waals surface area contributed by atoms with E-state index in [1.807, 2.05) is 22.8 Å². The van der Waals surface area contributed by atoms with Gasteiger partial charge in [0.1, 0.15) is 17.2 Å². The molecule has 3 aromatic rings. The maximum absolute atomic E-state index is 13.9. The first-order valence-corrected chi connectivity index (χ1v) is 16.0. The Bertz CT molecular complexity index is 1440. The Morgan fingerprint density at radius 1 is 1.20 bits per heavy atom. The first-order valence-electron chi connectivity index (χ1n) is 14.8. The lowest BCUT2D eigenvalue weighted by atomic mass is 9.81. The molecule has 2 N–H and O–H groups in total. The Hall–Kier alpha value is -2.59. The van der Waals surface area contributed by atoms with E-state index >= 15 is 0 Å². The predicted molar refractivity (Wildman–Crippen MR) is 163 cm³/mol. The van der Waals surface area contributed by atoms with Crippen LogP contribution in [0.2, 0.25) is 0 Å². The number of carbonyl (C=O) groups is 1. The summed E-state index contributed by atoms with van der Waals surface area (Å²) in [6, 6.07) is 12.8. The third-order valence-electron chi connectivity index (χ3n) is 9.29. The second-order valence-corrected chi connectivity index (χ2v) is 12.7. The molecular formula is C32H41FN4O3S. The van der Waals surface area contributed by atoms with E-state index < -0.39 is 18.1 Å². The molecule has 220 valence electrons. The fraction of sp³-hybridized carbons (Fsp3) is 0.531. The van der Waals surface area contributed by atoms with Crippen molar-refractivity contribution in [3.63, 3.8) is 0 Å². The van der Waals surface area contributed by atoms with Gasteiger partial charge in [0.25, 0.3) is 0 Å². The molecule has 4 bridgehead atoms. The smallest absolute Gasteiger partial charge is 0.199 e. The van der Waals surface area contributed by atoms with Crippen molar-refractivity contribution in [2.45, 2.75) is 76.7 Å². The summed E-state index contributed by atoms with van der Waals surface area (Å²) in [4.78, 5) is 13.0. The minimum atomic E-state index is -1.28. The summed E-state index contributed by atoms with van der Waals surface area (Å²) >= 11 is 1.49. The third-order valence-corrected chi connectivity index (χ3v) is 9.95. The van der Waals surface area contributed by atoms with Gasteiger partial charge in [0.15, 0.2) is 12.5 Å². The van der Waals surface area contributed by atoms with Crippen molar-refractivity contribution in [1.29, 1.82) is 0 Å². The molecule has 0 radical (unpaired) electrons. The number of ether oxygens (including phenoxy) is 2. The number of nitrogens with zero attached hydrogens (tertiary/aromatic N) is 2. The fourth-order valence-corrected chi connectivity index (χ4v) is 7.53. The van der Waals surface area contributed by atoms with Gasteiger partial charge in [0.05, 0.1) is 19.4 Å². The second-order valence-electron chi connectivity index (χ2n) is 11.9. The molecule has 3 atom stereocenters. The number of aromatic nitrogens is 1. The molecule has 1 aliphatic carbocycles. The van der Waals surface area contributed by atoms with E-state index in [4.69, 9.17) is 9.47 Å². The van der Waals surface area contributed by atoms with Gasteiger partial charge in [-0.2, -0.15) is 4.41 Å². The number of fused-ring (bicyclic) bond motifs is 4. The summed E-state index contributed by atoms with van der Waals surface area (Å²) in [6.07, 6.45) is 8.14. The first kappa shape index (κ1) is 28.5. The van der Waals surface area contributed by atoms with Crippen molar-refractivity contribution in [2.24, 2.45) is 5.92 Å². The van der Waals surface area contributed by atoms with Crippen LogP contribution in [0.5, 0.6) is 11.5 Å². The van der Waals surface area contributed by atoms with E-state index in [0.717, 1.165) is 22.6 Å². The van der Waals surface area contributed by atoms with Crippen LogP contribution in [0.1, 0.15) is 63.0 Å². The Morgan fingerprint density at radius 2 is 2.00 bits per heavy atom. The molecule has 9 heteroatoms. The summed E-state index contributed by atoms with van der Waals surface area (Å²) < 4.78 is 30.5. The molecule has 3 heterocycles. The van der Waals surface area contributed by atoms with Crippen molar-refractivity contribution >= 4 is 28.6 Å². The van der Waals surface area contributed by atoms with Crippen LogP contribution < -0.4 is 20.2 Å². The quantitative estimate of drug-likeness (QED) is 0.348. The molecule has 0 amide bonds. The van der Waals surface area contributed by atoms with Crippen molar-refractivity contribution in [2.75, 3.05) is 26.6 Å². The zero-order chi connectivity index (χ0) is 28.7. The minimum absolute atomic E-state index is 0.00209. The number of hydrazine groups is 1. The number of hydrogen-bond donors (Lipinski definition) is 2. The van der Waals surface area contributed by atoms with Crippen LogP contribution in [0.4, 0.5) is 4.39 Å². The van der Waals surface area contributed by atoms with Gasteiger partial charge in [-0.3, -0.25) is 10.1 Å². The van der Waals surface area contributed by atoms with Crippen LogP contribution in [0, 0.1) is 5.92 Å². The van der Waals surface area contributed by atoms with E-state index in [2.05, 4.69) is 46.5 Å². The van der Waals surface area contributed by atoms with Gasteiger partial charge < -0.3 is 14.0 Å². The van der Waals surface area contributed by atoms with E-state index in [9.17, 15) is 9.18 Å². The van der Waals surface area contributed by atoms with Crippen LogP contribution in [-0.4, -0.2) is 53.1 Å². The predicted octanol–water partition coefficient (Wildman–Crippen LogP) is 6.20. The number of hydrogen-bond acceptors (Lipinski definition) is 7. The molecule has 7 nitrogen and oxygen atoms in total. The minimum Gasteiger partial charge on any atom is -0.497 e. The molecule has 1 aromatic heterocycles. The molecule has 41 heavy (non-hydrogen) atoms. The molecule has 6 rings (SSSR count). The van der Waals surface area contributed by atoms with Gasteiger partial charge in [-0.1, -0.05) is 43.3 Å². The summed E-state index contributed by atoms with van der Waals surface area (Å²) in [5.74, 6) is 1.53. The molecule has 1 fully saturated rings. The topological polar surface area (TPSA) is 67.8 Å². The van der Waals surface area contributed by atoms with Gasteiger partial charge in [0, 0.05) is 47.6 Å². The number of nitrogens with one attached hydrogen (secondary N) is 2. The Kier molecular flexibility index (Phi) is 8.06. The zero-order valence-electron chi connectivity index (χ0n) is 24.5. The van der Waals surface area contributed by atoms with E-state index in [1.165, 1.54) is 66.2 Å². The third kappa shape index (κ3) is 5.26. The van der Waals surface area contributed by atoms with Crippen LogP contribution in [0.25, 0.3) is 22.2 Å². The number of halogens is 1. The summed E-state index contributed by atoms with van der Waals surface area (Å²) in [6.45, 7) is 4.47. The number of Topliss-reactive ketones (excluding diaryl/α,β-unsaturated/α-hetero) is 1. The highest BCUT2D eigenvalue weighted by molar-refractivity contribution is 7.96. The maximum atomic E-state index is 13.9. The highest BCUT2D eigenvalue weighted by Gasteiger charge is 2.39. The average Bonchev–Trinajstić information content (AvgIpc) is 3.29. The van der Waals surface area contributed by atoms with Crippen molar-refractivity contribution < 1.29 is 18.7 Å². The van der Waals surface area contributed by atoms with E-state index in [1.54, 1.807) is 14.0 Å². The second kappa shape index (κ2) is 11.6. The standard InChI is InChI=1S/C32H41FN4O3S/c1-20-23-18-36-27-14-21(17-37(41-4)35-32(2,34-20)29(38)16-33)10-12-25(27)30(22-8-6-5-7-9-22)31(36)26-13-11-24(39-3)15-28(26)40-19-23/h10-15,20,22-23,34-35H,5-9,16-19H2,1-4H3/t20?,23-,32?/m0/s1. The normalized spacial score (nSPS) is 25.6. The summed E-state index contributed by atoms with van der Waals surface area (Å²) in [5.41, 5.74) is 8.17. The number of rotatable bonds is 5. The lowest BCUT2D eigenvalue weighted by molar-refractivity contribution is -0.129. The van der Waals surface area contributed by atoms with Gasteiger partial charge >= 0.3 is 0 Å². The molecule has 1 saturated carbocycles.